The zero-order chi connectivity index (χ0) is 18.7. The molecule has 0 radical (unpaired) electrons. The lowest BCUT2D eigenvalue weighted by molar-refractivity contribution is -0.137. The van der Waals surface area contributed by atoms with E-state index in [-0.39, 0.29) is 28.5 Å². The van der Waals surface area contributed by atoms with Crippen molar-refractivity contribution < 1.29 is 21.6 Å². The molecule has 134 valence electrons. The van der Waals surface area contributed by atoms with Crippen LogP contribution in [0.2, 0.25) is 0 Å². The van der Waals surface area contributed by atoms with Crippen LogP contribution in [-0.2, 0) is 16.2 Å². The first-order chi connectivity index (χ1) is 11.7. The number of benzene rings is 1. The summed E-state index contributed by atoms with van der Waals surface area (Å²) in [5.74, 6) is 0. The Labute approximate surface area is 147 Å². The third-order valence-electron chi connectivity index (χ3n) is 3.37. The zero-order valence-corrected chi connectivity index (χ0v) is 14.7. The summed E-state index contributed by atoms with van der Waals surface area (Å²) >= 11 is 1.10. The lowest BCUT2D eigenvalue weighted by Crippen LogP contribution is -2.31. The molecule has 5 nitrogen and oxygen atoms in total. The Bertz CT molecular complexity index is 872. The van der Waals surface area contributed by atoms with Crippen molar-refractivity contribution in [3.8, 4) is 6.07 Å². The summed E-state index contributed by atoms with van der Waals surface area (Å²) in [7, 11) is -2.18. The van der Waals surface area contributed by atoms with Gasteiger partial charge in [0.1, 0.15) is 10.3 Å². The molecular weight excluding hydrogens is 375 g/mol. The molecule has 1 N–H and O–H groups in total. The summed E-state index contributed by atoms with van der Waals surface area (Å²) in [6.07, 6.45) is -4.53. The molecule has 1 heterocycles. The number of rotatable bonds is 6. The fourth-order valence-corrected chi connectivity index (χ4v) is 4.37. The molecule has 0 aliphatic heterocycles. The van der Waals surface area contributed by atoms with E-state index in [1.165, 1.54) is 13.1 Å². The second-order valence-corrected chi connectivity index (χ2v) is 8.27. The van der Waals surface area contributed by atoms with Crippen molar-refractivity contribution in [1.82, 2.24) is 4.31 Å². The van der Waals surface area contributed by atoms with Crippen molar-refractivity contribution >= 4 is 27.0 Å². The molecule has 1 aromatic heterocycles. The van der Waals surface area contributed by atoms with E-state index in [0.717, 1.165) is 33.8 Å². The Hall–Kier alpha value is -2.09. The van der Waals surface area contributed by atoms with E-state index in [2.05, 4.69) is 5.32 Å². The highest BCUT2D eigenvalue weighted by Crippen LogP contribution is 2.31. The van der Waals surface area contributed by atoms with Crippen LogP contribution in [0.25, 0.3) is 0 Å². The predicted molar refractivity (Wildman–Crippen MR) is 88.8 cm³/mol. The third-order valence-corrected chi connectivity index (χ3v) is 6.60. The molecule has 0 unspecified atom stereocenters. The van der Waals surface area contributed by atoms with Crippen LogP contribution >= 0.6 is 11.3 Å². The summed E-state index contributed by atoms with van der Waals surface area (Å²) in [6, 6.07) is 7.62. The van der Waals surface area contributed by atoms with E-state index in [9.17, 15) is 21.6 Å². The molecule has 25 heavy (non-hydrogen) atoms. The van der Waals surface area contributed by atoms with Crippen molar-refractivity contribution in [2.24, 2.45) is 0 Å². The van der Waals surface area contributed by atoms with Gasteiger partial charge in [-0.3, -0.25) is 0 Å². The van der Waals surface area contributed by atoms with E-state index >= 15 is 0 Å². The van der Waals surface area contributed by atoms with E-state index in [1.54, 1.807) is 17.5 Å². The molecule has 1 aromatic carbocycles. The van der Waals surface area contributed by atoms with Crippen LogP contribution in [0, 0.1) is 11.3 Å². The first kappa shape index (κ1) is 19.2. The molecule has 0 saturated heterocycles. The molecule has 0 atom stereocenters. The van der Waals surface area contributed by atoms with Crippen LogP contribution in [0.3, 0.4) is 0 Å². The number of thiophene rings is 1. The molecule has 0 bridgehead atoms. The average Bonchev–Trinajstić information content (AvgIpc) is 3.09. The predicted octanol–water partition coefficient (Wildman–Crippen LogP) is 3.37. The number of nitriles is 1. The van der Waals surface area contributed by atoms with Crippen LogP contribution < -0.4 is 5.32 Å². The monoisotopic (exact) mass is 389 g/mol. The summed E-state index contributed by atoms with van der Waals surface area (Å²) in [5.41, 5.74) is -0.844. The highest BCUT2D eigenvalue weighted by atomic mass is 32.2. The van der Waals surface area contributed by atoms with Crippen LogP contribution in [0.4, 0.5) is 18.9 Å². The minimum Gasteiger partial charge on any atom is -0.383 e. The van der Waals surface area contributed by atoms with Crippen molar-refractivity contribution in [3.05, 3.63) is 46.8 Å². The normalized spacial score (nSPS) is 12.2. The molecule has 0 aliphatic carbocycles. The lowest BCUT2D eigenvalue weighted by atomic mass is 10.1. The minimum atomic E-state index is -4.53. The number of hydrogen-bond donors (Lipinski definition) is 1. The van der Waals surface area contributed by atoms with Gasteiger partial charge in [-0.05, 0) is 29.6 Å². The van der Waals surface area contributed by atoms with Crippen LogP contribution in [0.1, 0.15) is 11.1 Å². The highest BCUT2D eigenvalue weighted by Gasteiger charge is 2.31. The summed E-state index contributed by atoms with van der Waals surface area (Å²) in [5, 5.41) is 13.5. The Morgan fingerprint density at radius 1 is 1.32 bits per heavy atom. The number of likely N-dealkylation sites (N-methyl/N-ethyl adjacent to an activating group) is 1. The van der Waals surface area contributed by atoms with Crippen molar-refractivity contribution in [3.63, 3.8) is 0 Å². The number of halogens is 3. The van der Waals surface area contributed by atoms with Crippen molar-refractivity contribution in [2.75, 3.05) is 25.5 Å². The van der Waals surface area contributed by atoms with Gasteiger partial charge < -0.3 is 5.32 Å². The van der Waals surface area contributed by atoms with E-state index in [0.29, 0.717) is 0 Å². The Morgan fingerprint density at radius 3 is 2.60 bits per heavy atom. The number of sulfonamides is 1. The molecule has 0 aliphatic rings. The molecule has 0 spiro atoms. The Morgan fingerprint density at radius 2 is 2.04 bits per heavy atom. The molecule has 10 heteroatoms. The quantitative estimate of drug-likeness (QED) is 0.822. The molecule has 2 rings (SSSR count). The largest absolute Gasteiger partial charge is 0.416 e. The van der Waals surface area contributed by atoms with Gasteiger partial charge in [-0.1, -0.05) is 6.07 Å². The first-order valence-electron chi connectivity index (χ1n) is 7.01. The highest BCUT2D eigenvalue weighted by molar-refractivity contribution is 7.91. The first-order valence-corrected chi connectivity index (χ1v) is 9.33. The standard InChI is InChI=1S/C15H14F3N3O2S2/c1-21(25(22,23)14-3-2-8-24-14)7-6-20-13-5-4-12(15(16,17)18)9-11(13)10-19/h2-5,8-9,20H,6-7H2,1H3. The maximum Gasteiger partial charge on any atom is 0.416 e. The number of alkyl halides is 3. The number of hydrogen-bond acceptors (Lipinski definition) is 5. The van der Waals surface area contributed by atoms with Gasteiger partial charge in [0, 0.05) is 20.1 Å². The molecule has 0 fully saturated rings. The average molecular weight is 389 g/mol. The van der Waals surface area contributed by atoms with E-state index in [4.69, 9.17) is 5.26 Å². The molecule has 0 amide bonds. The zero-order valence-electron chi connectivity index (χ0n) is 13.0. The van der Waals surface area contributed by atoms with Crippen LogP contribution in [-0.4, -0.2) is 32.9 Å². The van der Waals surface area contributed by atoms with Gasteiger partial charge in [-0.2, -0.15) is 22.7 Å². The number of nitrogens with one attached hydrogen (secondary N) is 1. The maximum absolute atomic E-state index is 12.7. The second kappa shape index (κ2) is 7.43. The molecule has 0 saturated carbocycles. The van der Waals surface area contributed by atoms with Gasteiger partial charge in [0.2, 0.25) is 0 Å². The van der Waals surface area contributed by atoms with Gasteiger partial charge in [-0.15, -0.1) is 11.3 Å². The third kappa shape index (κ3) is 4.50. The Balaban J connectivity index is 2.04. The smallest absolute Gasteiger partial charge is 0.383 e. The number of anilines is 1. The lowest BCUT2D eigenvalue weighted by Gasteiger charge is -2.17. The van der Waals surface area contributed by atoms with Crippen LogP contribution in [0.15, 0.2) is 39.9 Å². The Kier molecular flexibility index (Phi) is 5.72. The van der Waals surface area contributed by atoms with E-state index < -0.39 is 21.8 Å². The number of nitrogens with zero attached hydrogens (tertiary/aromatic N) is 2. The fraction of sp³-hybridized carbons (Fsp3) is 0.267. The van der Waals surface area contributed by atoms with Crippen molar-refractivity contribution in [2.45, 2.75) is 10.4 Å². The van der Waals surface area contributed by atoms with Gasteiger partial charge in [0.05, 0.1) is 16.8 Å². The SMILES string of the molecule is CN(CCNc1ccc(C(F)(F)F)cc1C#N)S(=O)(=O)c1cccs1. The minimum absolute atomic E-state index is 0.0894. The summed E-state index contributed by atoms with van der Waals surface area (Å²) in [6.45, 7) is 0.229. The van der Waals surface area contributed by atoms with Gasteiger partial charge in [-0.25, -0.2) is 8.42 Å². The molecule has 2 aromatic rings. The van der Waals surface area contributed by atoms with Gasteiger partial charge in [0.15, 0.2) is 0 Å². The second-order valence-electron chi connectivity index (χ2n) is 5.06. The molecular formula is C15H14F3N3O2S2. The van der Waals surface area contributed by atoms with Crippen molar-refractivity contribution in [1.29, 1.82) is 5.26 Å². The van der Waals surface area contributed by atoms with Crippen LogP contribution in [0.5, 0.6) is 0 Å². The fourth-order valence-electron chi connectivity index (χ4n) is 2.00. The van der Waals surface area contributed by atoms with Gasteiger partial charge in [0.25, 0.3) is 10.0 Å². The summed E-state index contributed by atoms with van der Waals surface area (Å²) in [4.78, 5) is 0. The van der Waals surface area contributed by atoms with Gasteiger partial charge >= 0.3 is 6.18 Å². The maximum atomic E-state index is 12.7. The van der Waals surface area contributed by atoms with E-state index in [1.807, 2.05) is 0 Å². The topological polar surface area (TPSA) is 73.2 Å². The summed E-state index contributed by atoms with van der Waals surface area (Å²) < 4.78 is 63.8.